The van der Waals surface area contributed by atoms with Gasteiger partial charge in [0.05, 0.1) is 12.5 Å². The lowest BCUT2D eigenvalue weighted by Gasteiger charge is -2.24. The summed E-state index contributed by atoms with van der Waals surface area (Å²) in [6, 6.07) is -2.62. The minimum atomic E-state index is -1.23. The first kappa shape index (κ1) is 33.8. The van der Waals surface area contributed by atoms with Crippen LogP contribution in [0.4, 0.5) is 0 Å². The highest BCUT2D eigenvalue weighted by Gasteiger charge is 2.30. The zero-order valence-electron chi connectivity index (χ0n) is 23.1. The second-order valence-corrected chi connectivity index (χ2v) is 10.2. The molecule has 0 heterocycles. The van der Waals surface area contributed by atoms with E-state index in [1.165, 1.54) is 64.7 Å². The molecule has 0 aliphatic carbocycles. The van der Waals surface area contributed by atoms with Gasteiger partial charge in [-0.15, -0.1) is 0 Å². The quantitative estimate of drug-likeness (QED) is 0.141. The third kappa shape index (κ3) is 18.2. The van der Waals surface area contributed by atoms with Gasteiger partial charge in [0.2, 0.25) is 23.6 Å². The monoisotopic (exact) mass is 512 g/mol. The highest BCUT2D eigenvalue weighted by molar-refractivity contribution is 5.94. The van der Waals surface area contributed by atoms with Gasteiger partial charge < -0.3 is 26.8 Å². The first-order chi connectivity index (χ1) is 17.1. The summed E-state index contributed by atoms with van der Waals surface area (Å²) in [5.41, 5.74) is 5.20. The van der Waals surface area contributed by atoms with Gasteiger partial charge in [-0.05, 0) is 27.2 Å². The molecule has 0 saturated carbocycles. The number of hydrogen-bond donors (Lipinski definition) is 5. The van der Waals surface area contributed by atoms with E-state index in [-0.39, 0.29) is 24.8 Å². The van der Waals surface area contributed by atoms with Crippen molar-refractivity contribution in [2.75, 3.05) is 0 Å². The Kier molecular flexibility index (Phi) is 19.7. The Hall–Kier alpha value is -2.16. The van der Waals surface area contributed by atoms with E-state index in [0.717, 1.165) is 19.3 Å². The fraction of sp³-hybridized carbons (Fsp3) is 0.852. The molecule has 0 aliphatic rings. The number of aliphatic hydroxyl groups excluding tert-OH is 1. The summed E-state index contributed by atoms with van der Waals surface area (Å²) in [6.45, 7) is 7.11. The van der Waals surface area contributed by atoms with Crippen LogP contribution in [0.1, 0.15) is 124 Å². The van der Waals surface area contributed by atoms with Crippen molar-refractivity contribution in [3.8, 4) is 0 Å². The Morgan fingerprint density at radius 1 is 0.694 bits per heavy atom. The third-order valence-corrected chi connectivity index (χ3v) is 6.06. The van der Waals surface area contributed by atoms with Gasteiger partial charge in [-0.3, -0.25) is 19.2 Å². The molecule has 210 valence electrons. The molecule has 9 heteroatoms. The molecule has 1 unspecified atom stereocenters. The number of carbonyl (C=O) groups excluding carboxylic acids is 4. The van der Waals surface area contributed by atoms with Crippen molar-refractivity contribution in [3.63, 3.8) is 0 Å². The Balaban J connectivity index is 4.27. The molecule has 0 aromatic carbocycles. The van der Waals surface area contributed by atoms with E-state index < -0.39 is 35.9 Å². The fourth-order valence-corrected chi connectivity index (χ4v) is 4.01. The van der Waals surface area contributed by atoms with Crippen LogP contribution in [0, 0.1) is 0 Å². The maximum absolute atomic E-state index is 12.7. The topological polar surface area (TPSA) is 151 Å². The summed E-state index contributed by atoms with van der Waals surface area (Å²) >= 11 is 0. The molecule has 0 aromatic rings. The highest BCUT2D eigenvalue weighted by Crippen LogP contribution is 2.13. The predicted molar refractivity (Wildman–Crippen MR) is 143 cm³/mol. The smallest absolute Gasteiger partial charge is 0.245 e. The van der Waals surface area contributed by atoms with Crippen LogP contribution in [-0.4, -0.2) is 53.0 Å². The molecule has 0 radical (unpaired) electrons. The molecule has 0 rings (SSSR count). The number of nitrogens with one attached hydrogen (secondary N) is 3. The predicted octanol–water partition coefficient (Wildman–Crippen LogP) is 3.22. The van der Waals surface area contributed by atoms with Crippen LogP contribution in [0.5, 0.6) is 0 Å². The Morgan fingerprint density at radius 2 is 1.17 bits per heavy atom. The van der Waals surface area contributed by atoms with E-state index in [2.05, 4.69) is 22.9 Å². The summed E-state index contributed by atoms with van der Waals surface area (Å²) < 4.78 is 0. The van der Waals surface area contributed by atoms with E-state index in [1.807, 2.05) is 0 Å². The van der Waals surface area contributed by atoms with Crippen molar-refractivity contribution in [3.05, 3.63) is 0 Å². The SMILES string of the molecule is CCCCCCCCCCCCCCCC(=O)N[C@H](C(=O)N[C@@H](CC(N)=O)C(=O)NC(C)C)C(C)O. The fourth-order valence-electron chi connectivity index (χ4n) is 4.01. The van der Waals surface area contributed by atoms with Gasteiger partial charge in [0.25, 0.3) is 0 Å². The molecule has 3 atom stereocenters. The van der Waals surface area contributed by atoms with Crippen molar-refractivity contribution in [1.82, 2.24) is 16.0 Å². The van der Waals surface area contributed by atoms with Gasteiger partial charge in [-0.2, -0.15) is 0 Å². The van der Waals surface area contributed by atoms with E-state index in [4.69, 9.17) is 5.73 Å². The number of rotatable bonds is 22. The normalized spacial score (nSPS) is 13.6. The molecule has 0 saturated heterocycles. The second kappa shape index (κ2) is 21.0. The third-order valence-electron chi connectivity index (χ3n) is 6.06. The second-order valence-electron chi connectivity index (χ2n) is 10.2. The number of nitrogens with two attached hydrogens (primary N) is 1. The van der Waals surface area contributed by atoms with Crippen LogP contribution in [0.15, 0.2) is 0 Å². The molecule has 4 amide bonds. The van der Waals surface area contributed by atoms with Crippen LogP contribution in [-0.2, 0) is 19.2 Å². The average Bonchev–Trinajstić information content (AvgIpc) is 2.79. The number of aliphatic hydroxyl groups is 1. The van der Waals surface area contributed by atoms with Gasteiger partial charge >= 0.3 is 0 Å². The van der Waals surface area contributed by atoms with Crippen molar-refractivity contribution >= 4 is 23.6 Å². The molecular weight excluding hydrogens is 460 g/mol. The van der Waals surface area contributed by atoms with Crippen molar-refractivity contribution in [2.24, 2.45) is 5.73 Å². The molecule has 0 aliphatic heterocycles. The number of hydrogen-bond acceptors (Lipinski definition) is 5. The molecule has 6 N–H and O–H groups in total. The Morgan fingerprint density at radius 3 is 1.58 bits per heavy atom. The highest BCUT2D eigenvalue weighted by atomic mass is 16.3. The minimum absolute atomic E-state index is 0.197. The Labute approximate surface area is 218 Å². The summed E-state index contributed by atoms with van der Waals surface area (Å²) in [4.78, 5) is 48.7. The number of amides is 4. The molecule has 36 heavy (non-hydrogen) atoms. The average molecular weight is 513 g/mol. The lowest BCUT2D eigenvalue weighted by molar-refractivity contribution is -0.135. The molecule has 0 bridgehead atoms. The van der Waals surface area contributed by atoms with Gasteiger partial charge in [0, 0.05) is 12.5 Å². The van der Waals surface area contributed by atoms with Crippen LogP contribution in [0.2, 0.25) is 0 Å². The summed E-state index contributed by atoms with van der Waals surface area (Å²) in [5, 5.41) is 17.6. The van der Waals surface area contributed by atoms with Crippen molar-refractivity contribution in [1.29, 1.82) is 0 Å². The van der Waals surface area contributed by atoms with Gasteiger partial charge in [0.1, 0.15) is 12.1 Å². The molecular formula is C27H52N4O5. The van der Waals surface area contributed by atoms with Crippen LogP contribution in [0.3, 0.4) is 0 Å². The van der Waals surface area contributed by atoms with Crippen LogP contribution in [0.25, 0.3) is 0 Å². The van der Waals surface area contributed by atoms with E-state index in [9.17, 15) is 24.3 Å². The molecule has 0 spiro atoms. The largest absolute Gasteiger partial charge is 0.391 e. The Bertz CT molecular complexity index is 640. The van der Waals surface area contributed by atoms with Gasteiger partial charge in [-0.25, -0.2) is 0 Å². The van der Waals surface area contributed by atoms with E-state index >= 15 is 0 Å². The zero-order valence-corrected chi connectivity index (χ0v) is 23.1. The standard InChI is InChI=1S/C27H52N4O5/c1-5-6-7-8-9-10-11-12-13-14-15-16-17-18-24(34)31-25(21(4)32)27(36)30-22(19-23(28)33)26(35)29-20(2)3/h20-22,25,32H,5-19H2,1-4H3,(H2,28,33)(H,29,35)(H,30,36)(H,31,34)/t21?,22-,25-/m0/s1. The lowest BCUT2D eigenvalue weighted by atomic mass is 10.0. The minimum Gasteiger partial charge on any atom is -0.391 e. The maximum atomic E-state index is 12.7. The molecule has 0 fully saturated rings. The number of carbonyl (C=O) groups is 4. The molecule has 9 nitrogen and oxygen atoms in total. The summed E-state index contributed by atoms with van der Waals surface area (Å²) in [5.74, 6) is -2.38. The molecule has 0 aromatic heterocycles. The van der Waals surface area contributed by atoms with E-state index in [1.54, 1.807) is 13.8 Å². The van der Waals surface area contributed by atoms with Crippen LogP contribution >= 0.6 is 0 Å². The zero-order chi connectivity index (χ0) is 27.3. The first-order valence-electron chi connectivity index (χ1n) is 13.9. The summed E-state index contributed by atoms with van der Waals surface area (Å²) in [6.07, 6.45) is 14.4. The van der Waals surface area contributed by atoms with Crippen molar-refractivity contribution in [2.45, 2.75) is 148 Å². The maximum Gasteiger partial charge on any atom is 0.245 e. The lowest BCUT2D eigenvalue weighted by Crippen LogP contribution is -2.58. The van der Waals surface area contributed by atoms with E-state index in [0.29, 0.717) is 6.42 Å². The number of unbranched alkanes of at least 4 members (excludes halogenated alkanes) is 12. The number of primary amides is 1. The van der Waals surface area contributed by atoms with Gasteiger partial charge in [-0.1, -0.05) is 84.0 Å². The van der Waals surface area contributed by atoms with Gasteiger partial charge in [0.15, 0.2) is 0 Å². The van der Waals surface area contributed by atoms with Crippen molar-refractivity contribution < 1.29 is 24.3 Å². The van der Waals surface area contributed by atoms with Crippen LogP contribution < -0.4 is 21.7 Å². The first-order valence-corrected chi connectivity index (χ1v) is 13.9. The summed E-state index contributed by atoms with van der Waals surface area (Å²) in [7, 11) is 0.